The van der Waals surface area contributed by atoms with Gasteiger partial charge in [-0.2, -0.15) is 0 Å². The highest BCUT2D eigenvalue weighted by atomic mass is 35.5. The van der Waals surface area contributed by atoms with Crippen molar-refractivity contribution in [3.63, 3.8) is 0 Å². The predicted molar refractivity (Wildman–Crippen MR) is 393 cm³/mol. The van der Waals surface area contributed by atoms with Crippen molar-refractivity contribution in [2.75, 3.05) is 80.1 Å². The molecule has 3 heterocycles. The van der Waals surface area contributed by atoms with Crippen molar-refractivity contribution < 1.29 is 51.8 Å². The van der Waals surface area contributed by atoms with E-state index >= 15 is 0 Å². The zero-order valence-corrected chi connectivity index (χ0v) is 59.3. The number of carbonyl (C=O) groups is 6. The molecule has 7 amide bonds. The molecule has 3 aliphatic rings. The fourth-order valence-electron chi connectivity index (χ4n) is 12.5. The number of halogens is 6. The number of carbonyl (C=O) groups excluding carboxylic acids is 5. The van der Waals surface area contributed by atoms with Gasteiger partial charge in [0.05, 0.1) is 23.7 Å². The van der Waals surface area contributed by atoms with Crippen LogP contribution in [0.4, 0.5) is 38.9 Å². The largest absolute Gasteiger partial charge is 0.481 e. The van der Waals surface area contributed by atoms with Gasteiger partial charge in [0.15, 0.2) is 0 Å². The molecule has 0 aliphatic carbocycles. The van der Waals surface area contributed by atoms with Crippen LogP contribution in [-0.4, -0.2) is 139 Å². The summed E-state index contributed by atoms with van der Waals surface area (Å²) in [7, 11) is 11.3. The molecule has 0 spiro atoms. The van der Waals surface area contributed by atoms with E-state index < -0.39 is 40.0 Å². The lowest BCUT2D eigenvalue weighted by atomic mass is 9.84. The number of hydrogen-bond acceptors (Lipinski definition) is 8. The fourth-order valence-corrected chi connectivity index (χ4v) is 13.0. The Kier molecular flexibility index (Phi) is 26.2. The number of esters is 1. The topological polar surface area (TPSA) is 189 Å². The molecule has 101 heavy (non-hydrogen) atoms. The molecular weight excluding hydrogens is 1350 g/mol. The maximum absolute atomic E-state index is 14.8. The summed E-state index contributed by atoms with van der Waals surface area (Å²) in [5.41, 5.74) is 9.33. The Bertz CT molecular complexity index is 4330. The van der Waals surface area contributed by atoms with E-state index in [4.69, 9.17) is 45.3 Å². The molecule has 0 saturated carbocycles. The first-order valence-corrected chi connectivity index (χ1v) is 33.4. The van der Waals surface area contributed by atoms with Crippen LogP contribution in [-0.2, 0) is 35.7 Å². The molecule has 4 N–H and O–H groups in total. The van der Waals surface area contributed by atoms with Crippen LogP contribution in [0.2, 0.25) is 15.1 Å². The number of rotatable bonds is 16. The number of nitrogens with two attached hydrogens (primary N) is 1. The molecular formula is C79H80Cl3F3N8O8. The number of para-hydroxylation sites is 2. The van der Waals surface area contributed by atoms with Crippen molar-refractivity contribution in [3.05, 3.63) is 290 Å². The highest BCUT2D eigenvalue weighted by molar-refractivity contribution is 6.31. The Labute approximate surface area is 602 Å². The van der Waals surface area contributed by atoms with Crippen molar-refractivity contribution in [1.29, 1.82) is 0 Å². The highest BCUT2D eigenvalue weighted by Crippen LogP contribution is 2.48. The van der Waals surface area contributed by atoms with Gasteiger partial charge in [0, 0.05) is 124 Å². The van der Waals surface area contributed by atoms with E-state index in [-0.39, 0.29) is 75.3 Å². The second-order valence-corrected chi connectivity index (χ2v) is 26.1. The van der Waals surface area contributed by atoms with E-state index in [1.165, 1.54) is 64.3 Å². The van der Waals surface area contributed by atoms with Gasteiger partial charge < -0.3 is 50.3 Å². The Balaban J connectivity index is 0.000000184. The monoisotopic (exact) mass is 1430 g/mol. The smallest absolute Gasteiger partial charge is 0.320 e. The first-order chi connectivity index (χ1) is 48.2. The number of nitrogens with one attached hydrogen (secondary N) is 1. The van der Waals surface area contributed by atoms with Crippen LogP contribution < -0.4 is 11.1 Å². The van der Waals surface area contributed by atoms with E-state index in [0.29, 0.717) is 67.0 Å². The first kappa shape index (κ1) is 76.4. The van der Waals surface area contributed by atoms with Crippen molar-refractivity contribution in [2.45, 2.75) is 55.1 Å². The minimum absolute atomic E-state index is 0.102. The molecule has 16 nitrogen and oxygen atoms in total. The number of carboxylic acid groups (broad SMARTS) is 1. The number of anilines is 2. The Hall–Kier alpha value is -10.3. The maximum Gasteiger partial charge on any atom is 0.320 e. The third-order valence-corrected chi connectivity index (χ3v) is 18.1. The van der Waals surface area contributed by atoms with Crippen LogP contribution >= 0.6 is 34.8 Å². The lowest BCUT2D eigenvalue weighted by molar-refractivity contribution is -0.141. The summed E-state index contributed by atoms with van der Waals surface area (Å²) in [6.45, 7) is 0.511. The van der Waals surface area contributed by atoms with Gasteiger partial charge in [-0.15, -0.1) is 0 Å². The Morgan fingerprint density at radius 1 is 0.455 bits per heavy atom. The fraction of sp³-hybridized carbons (Fsp3) is 0.241. The summed E-state index contributed by atoms with van der Waals surface area (Å²) in [5, 5.41) is 13.4. The van der Waals surface area contributed by atoms with E-state index in [1.54, 1.807) is 75.2 Å². The minimum Gasteiger partial charge on any atom is -0.481 e. The number of nitrogen functional groups attached to an aromatic ring is 1. The van der Waals surface area contributed by atoms with E-state index in [1.807, 2.05) is 164 Å². The quantitative estimate of drug-likeness (QED) is 0.0624. The number of urea groups is 3. The number of hydrogen-bond donors (Lipinski definition) is 3. The average molecular weight is 1430 g/mol. The summed E-state index contributed by atoms with van der Waals surface area (Å²) in [6, 6.07) is 59.2. The van der Waals surface area contributed by atoms with E-state index in [2.05, 4.69) is 5.32 Å². The lowest BCUT2D eigenvalue weighted by Gasteiger charge is -2.40. The van der Waals surface area contributed by atoms with Crippen LogP contribution in [0.3, 0.4) is 0 Å². The summed E-state index contributed by atoms with van der Waals surface area (Å²) in [6.07, 6.45) is 6.49. The third-order valence-electron chi connectivity index (χ3n) is 17.4. The second kappa shape index (κ2) is 34.6. The number of ether oxygens (including phenoxy) is 1. The lowest BCUT2D eigenvalue weighted by Crippen LogP contribution is -2.49. The minimum atomic E-state index is -1.01. The molecule has 526 valence electrons. The van der Waals surface area contributed by atoms with Crippen molar-refractivity contribution in [1.82, 2.24) is 29.4 Å². The SMILES string of the molecule is CN(C)C(=O)N1CC(c2cc(Cl)ccc2F)=CC1(CCC(=O)Nc1ccccc1)c1ccccc1.CN(C)C(=O)N1CC(c2cc(Cl)ccc2F)=CC1(CCC(=O)O)c1ccccc1.COC(=O)CCC1(c2ccccc2)C=C(c2cc(Cl)ccc2F)CN1C(=O)N(C)C.Nc1ccccc1. The molecule has 0 aromatic heterocycles. The van der Waals surface area contributed by atoms with Gasteiger partial charge in [0.2, 0.25) is 5.91 Å². The van der Waals surface area contributed by atoms with Gasteiger partial charge in [-0.3, -0.25) is 14.4 Å². The number of aliphatic carboxylic acids is 1. The molecule has 8 aromatic rings. The first-order valence-electron chi connectivity index (χ1n) is 32.3. The molecule has 8 aromatic carbocycles. The van der Waals surface area contributed by atoms with Gasteiger partial charge in [0.1, 0.15) is 17.5 Å². The van der Waals surface area contributed by atoms with Crippen molar-refractivity contribution >= 4 is 98.8 Å². The average Bonchev–Trinajstić information content (AvgIpc) is 1.63. The van der Waals surface area contributed by atoms with Crippen LogP contribution in [0.1, 0.15) is 71.9 Å². The third kappa shape index (κ3) is 18.8. The summed E-state index contributed by atoms with van der Waals surface area (Å²) in [5.74, 6) is -2.78. The normalized spacial score (nSPS) is 17.2. The molecule has 0 radical (unpaired) electrons. The van der Waals surface area contributed by atoms with Gasteiger partial charge >= 0.3 is 30.0 Å². The Morgan fingerprint density at radius 2 is 0.752 bits per heavy atom. The number of carboxylic acids is 1. The molecule has 3 unspecified atom stereocenters. The number of amides is 7. The molecule has 3 atom stereocenters. The number of nitrogens with zero attached hydrogens (tertiary/aromatic N) is 6. The zero-order chi connectivity index (χ0) is 73.2. The van der Waals surface area contributed by atoms with Crippen LogP contribution in [0.5, 0.6) is 0 Å². The Morgan fingerprint density at radius 3 is 1.04 bits per heavy atom. The van der Waals surface area contributed by atoms with Gasteiger partial charge in [-0.05, 0) is 150 Å². The maximum atomic E-state index is 14.8. The molecule has 3 aliphatic heterocycles. The molecule has 11 rings (SSSR count). The summed E-state index contributed by atoms with van der Waals surface area (Å²) >= 11 is 18.4. The standard InChI is InChI=1S/C28H27ClFN3O2.C23H24ClFN2O3.C22H22ClFN2O3.C6H7N/c1-32(2)27(35)33-19-20(24-17-22(29)13-14-25(24)30)18-28(33,21-9-5-3-6-10-21)16-15-26(34)31-23-11-7-4-8-12-23;1-26(2)22(29)27-15-16(19-13-18(24)9-10-20(19)25)14-23(27,12-11-21(28)30-3)17-7-5-4-6-8-17;1-25(2)21(29)26-14-15(18-12-17(23)8-9-19(18)24)13-22(26,11-10-20(27)28)16-6-4-3-5-7-16;7-6-4-2-1-3-5-6/h3-14,17-18H,15-16,19H2,1-2H3,(H,31,34);4-10,13-14H,11-12,15H2,1-3H3;3-9,12-13H,10-11,14H2,1-2H3,(H,27,28);1-5H,7H2. The van der Waals surface area contributed by atoms with Crippen LogP contribution in [0, 0.1) is 17.5 Å². The van der Waals surface area contributed by atoms with Gasteiger partial charge in [-0.1, -0.05) is 162 Å². The van der Waals surface area contributed by atoms with E-state index in [0.717, 1.165) is 22.4 Å². The summed E-state index contributed by atoms with van der Waals surface area (Å²) in [4.78, 5) is 85.2. The second-order valence-electron chi connectivity index (χ2n) is 24.8. The molecule has 22 heteroatoms. The zero-order valence-electron chi connectivity index (χ0n) is 57.1. The number of benzene rings is 8. The number of methoxy groups -OCH3 is 1. The van der Waals surface area contributed by atoms with Crippen molar-refractivity contribution in [3.8, 4) is 0 Å². The van der Waals surface area contributed by atoms with Crippen LogP contribution in [0.15, 0.2) is 224 Å². The van der Waals surface area contributed by atoms with E-state index in [9.17, 15) is 47.0 Å². The van der Waals surface area contributed by atoms with Crippen molar-refractivity contribution in [2.24, 2.45) is 0 Å². The van der Waals surface area contributed by atoms with Crippen LogP contribution in [0.25, 0.3) is 16.7 Å². The van der Waals surface area contributed by atoms with Gasteiger partial charge in [-0.25, -0.2) is 27.6 Å². The summed E-state index contributed by atoms with van der Waals surface area (Å²) < 4.78 is 48.9. The predicted octanol–water partition coefficient (Wildman–Crippen LogP) is 16.8. The molecule has 0 saturated heterocycles. The molecule has 0 fully saturated rings. The highest BCUT2D eigenvalue weighted by Gasteiger charge is 2.49. The van der Waals surface area contributed by atoms with Gasteiger partial charge in [0.25, 0.3) is 0 Å². The molecule has 0 bridgehead atoms.